The minimum atomic E-state index is -1.13. The van der Waals surface area contributed by atoms with E-state index >= 15 is 0 Å². The second kappa shape index (κ2) is 14.9. The molecule has 7 aliphatic rings. The fourth-order valence-corrected chi connectivity index (χ4v) is 14.8. The van der Waals surface area contributed by atoms with Gasteiger partial charge in [-0.15, -0.1) is 12.4 Å². The van der Waals surface area contributed by atoms with E-state index in [-0.39, 0.29) is 87.9 Å². The Balaban J connectivity index is 0.00000567. The van der Waals surface area contributed by atoms with E-state index in [0.717, 1.165) is 69.9 Å². The van der Waals surface area contributed by atoms with E-state index in [0.29, 0.717) is 31.2 Å². The molecule has 6 aliphatic carbocycles. The first-order chi connectivity index (χ1) is 26.4. The first-order valence-corrected chi connectivity index (χ1v) is 22.4. The maximum Gasteiger partial charge on any atom is 0.309 e. The van der Waals surface area contributed by atoms with Crippen LogP contribution in [0.5, 0.6) is 0 Å². The molecule has 0 aromatic rings. The van der Waals surface area contributed by atoms with Crippen LogP contribution < -0.4 is 16.0 Å². The molecule has 0 radical (unpaired) electrons. The van der Waals surface area contributed by atoms with Crippen LogP contribution in [-0.2, 0) is 28.7 Å². The largest absolute Gasteiger partial charge is 0.481 e. The SMILES string of the molecule is CC(C)C1=C2[C@H]3CC[C@@H]4[C@@]5(C)CC[C@H](OC(=O)[C@H]6C[C@@H](C(=O)O)C6(C)C)C(C)(C)[C@@H]5CC[C@@]4(C)[C@]3(C)CC[C@@]2(NC(=O)C(C)(C)NC(=O)[C@H]2CCCNC2)CC1=O.Cl. The number of aliphatic carboxylic acids is 1. The van der Waals surface area contributed by atoms with Crippen molar-refractivity contribution in [2.45, 2.75) is 170 Å². The van der Waals surface area contributed by atoms with Gasteiger partial charge in [0.05, 0.1) is 23.3 Å². The van der Waals surface area contributed by atoms with Gasteiger partial charge < -0.3 is 25.8 Å². The number of carboxylic acid groups (broad SMARTS) is 1. The number of hydrogen-bond acceptors (Lipinski definition) is 7. The third kappa shape index (κ3) is 6.61. The summed E-state index contributed by atoms with van der Waals surface area (Å²) in [4.78, 5) is 67.3. The van der Waals surface area contributed by atoms with Crippen molar-refractivity contribution in [3.8, 4) is 0 Å². The standard InChI is InChI=1S/C47H73N3O7.ClH/c1-26(2)35-31(51)24-47(50-40(56)43(7,8)49-37(52)27-13-12-22-48-25-27)21-20-45(10)28(36(35)47)14-15-33-44(9)18-17-34(42(5,6)32(44)16-19-46(33,45)11)57-39(55)30-23-29(38(53)54)41(30,3)4;/h26-30,32-34,48H,12-25H2,1-11H3,(H,49,52)(H,50,56)(H,53,54);1H/t27-,28+,29-,30+,32-,33+,34-,44-,45+,46+,47+;/m0./s1. The molecule has 10 nitrogen and oxygen atoms in total. The zero-order valence-corrected chi connectivity index (χ0v) is 38.1. The van der Waals surface area contributed by atoms with Crippen LogP contribution in [-0.4, -0.2) is 64.9 Å². The van der Waals surface area contributed by atoms with Crippen molar-refractivity contribution < 1.29 is 33.8 Å². The van der Waals surface area contributed by atoms with Gasteiger partial charge in [0.25, 0.3) is 0 Å². The van der Waals surface area contributed by atoms with Crippen molar-refractivity contribution in [2.24, 2.45) is 68.5 Å². The smallest absolute Gasteiger partial charge is 0.309 e. The zero-order valence-electron chi connectivity index (χ0n) is 37.3. The number of nitrogens with one attached hydrogen (secondary N) is 3. The van der Waals surface area contributed by atoms with Crippen LogP contribution in [0.1, 0.15) is 153 Å². The summed E-state index contributed by atoms with van der Waals surface area (Å²) in [6.45, 7) is 25.3. The highest BCUT2D eigenvalue weighted by Gasteiger charge is 2.71. The lowest BCUT2D eigenvalue weighted by atomic mass is 9.33. The molecule has 0 aromatic heterocycles. The number of carboxylic acids is 1. The molecule has 1 aliphatic heterocycles. The summed E-state index contributed by atoms with van der Waals surface area (Å²) in [7, 11) is 0. The summed E-state index contributed by atoms with van der Waals surface area (Å²) in [6.07, 6.45) is 9.63. The fourth-order valence-electron chi connectivity index (χ4n) is 14.8. The number of allylic oxidation sites excluding steroid dienone is 1. The number of carbonyl (C=O) groups is 5. The molecule has 0 aromatic carbocycles. The number of rotatable bonds is 8. The van der Waals surface area contributed by atoms with E-state index in [2.05, 4.69) is 64.4 Å². The van der Waals surface area contributed by atoms with E-state index < -0.39 is 34.3 Å². The van der Waals surface area contributed by atoms with Crippen molar-refractivity contribution >= 4 is 41.9 Å². The van der Waals surface area contributed by atoms with E-state index in [1.54, 1.807) is 13.8 Å². The molecule has 326 valence electrons. The summed E-state index contributed by atoms with van der Waals surface area (Å²) in [5.74, 6) is -1.32. The van der Waals surface area contributed by atoms with Crippen molar-refractivity contribution in [2.75, 3.05) is 13.1 Å². The summed E-state index contributed by atoms with van der Waals surface area (Å²) < 4.78 is 6.41. The van der Waals surface area contributed by atoms with Crippen LogP contribution in [0.25, 0.3) is 0 Å². The first kappa shape index (κ1) is 45.1. The van der Waals surface area contributed by atoms with Crippen molar-refractivity contribution in [3.63, 3.8) is 0 Å². The Labute approximate surface area is 353 Å². The Morgan fingerprint density at radius 3 is 2.14 bits per heavy atom. The quantitative estimate of drug-likeness (QED) is 0.181. The van der Waals surface area contributed by atoms with Crippen LogP contribution >= 0.6 is 12.4 Å². The van der Waals surface area contributed by atoms with Gasteiger partial charge in [0.2, 0.25) is 11.8 Å². The van der Waals surface area contributed by atoms with Crippen molar-refractivity contribution in [1.29, 1.82) is 0 Å². The van der Waals surface area contributed by atoms with Gasteiger partial charge in [-0.25, -0.2) is 0 Å². The Morgan fingerprint density at radius 2 is 1.53 bits per heavy atom. The van der Waals surface area contributed by atoms with Crippen LogP contribution in [0.2, 0.25) is 0 Å². The minimum absolute atomic E-state index is 0. The molecule has 2 amide bonds. The molecule has 1 saturated heterocycles. The number of piperidine rings is 1. The van der Waals surface area contributed by atoms with Gasteiger partial charge in [-0.3, -0.25) is 24.0 Å². The van der Waals surface area contributed by atoms with Crippen LogP contribution in [0, 0.1) is 68.5 Å². The monoisotopic (exact) mass is 828 g/mol. The van der Waals surface area contributed by atoms with Gasteiger partial charge in [0, 0.05) is 18.4 Å². The molecular weight excluding hydrogens is 754 g/mol. The lowest BCUT2D eigenvalue weighted by Crippen LogP contribution is -2.68. The number of esters is 1. The summed E-state index contributed by atoms with van der Waals surface area (Å²) in [6, 6.07) is 0. The lowest BCUT2D eigenvalue weighted by Gasteiger charge is -2.72. The highest BCUT2D eigenvalue weighted by Crippen LogP contribution is 2.76. The van der Waals surface area contributed by atoms with Gasteiger partial charge in [0.15, 0.2) is 5.78 Å². The normalized spacial score (nSPS) is 41.4. The molecule has 11 heteroatoms. The number of carbonyl (C=O) groups excluding carboxylic acids is 4. The number of hydrogen-bond donors (Lipinski definition) is 4. The Kier molecular flexibility index (Phi) is 11.6. The van der Waals surface area contributed by atoms with E-state index in [9.17, 15) is 29.1 Å². The number of ketones is 1. The molecular formula is C47H74ClN3O7. The predicted octanol–water partition coefficient (Wildman–Crippen LogP) is 7.81. The second-order valence-corrected chi connectivity index (χ2v) is 22.7. The zero-order chi connectivity index (χ0) is 41.9. The molecule has 58 heavy (non-hydrogen) atoms. The lowest BCUT2D eigenvalue weighted by molar-refractivity contribution is -0.235. The second-order valence-electron chi connectivity index (χ2n) is 22.7. The maximum atomic E-state index is 14.4. The summed E-state index contributed by atoms with van der Waals surface area (Å²) in [5.41, 5.74) is -0.701. The molecule has 11 atom stereocenters. The summed E-state index contributed by atoms with van der Waals surface area (Å²) >= 11 is 0. The molecule has 7 rings (SSSR count). The molecule has 6 fully saturated rings. The van der Waals surface area contributed by atoms with Gasteiger partial charge in [0.1, 0.15) is 11.6 Å². The van der Waals surface area contributed by atoms with Gasteiger partial charge >= 0.3 is 11.9 Å². The van der Waals surface area contributed by atoms with Gasteiger partial charge in [-0.2, -0.15) is 0 Å². The Hall–Kier alpha value is -2.46. The van der Waals surface area contributed by atoms with Crippen molar-refractivity contribution in [1.82, 2.24) is 16.0 Å². The number of halogens is 1. The first-order valence-electron chi connectivity index (χ1n) is 22.4. The number of fused-ring (bicyclic) bond motifs is 7. The number of ether oxygens (including phenoxy) is 1. The highest BCUT2D eigenvalue weighted by molar-refractivity contribution is 6.03. The molecule has 0 spiro atoms. The van der Waals surface area contributed by atoms with Crippen LogP contribution in [0.15, 0.2) is 11.1 Å². The molecule has 1 heterocycles. The Bertz CT molecular complexity index is 1750. The highest BCUT2D eigenvalue weighted by atomic mass is 35.5. The van der Waals surface area contributed by atoms with E-state index in [1.165, 1.54) is 5.57 Å². The van der Waals surface area contributed by atoms with E-state index in [1.807, 2.05) is 13.8 Å². The number of Topliss-reactive ketones (excluding diaryl/α,β-unsaturated/α-hetero) is 1. The minimum Gasteiger partial charge on any atom is -0.481 e. The third-order valence-electron chi connectivity index (χ3n) is 18.5. The third-order valence-corrected chi connectivity index (χ3v) is 18.5. The van der Waals surface area contributed by atoms with Crippen LogP contribution in [0.3, 0.4) is 0 Å². The molecule has 0 bridgehead atoms. The van der Waals surface area contributed by atoms with E-state index in [4.69, 9.17) is 4.74 Å². The molecule has 0 unspecified atom stereocenters. The molecule has 5 saturated carbocycles. The Morgan fingerprint density at radius 1 is 0.845 bits per heavy atom. The fraction of sp³-hybridized carbons (Fsp3) is 0.851. The van der Waals surface area contributed by atoms with Gasteiger partial charge in [-0.1, -0.05) is 62.3 Å². The van der Waals surface area contributed by atoms with Crippen molar-refractivity contribution in [3.05, 3.63) is 11.1 Å². The average Bonchev–Trinajstić information content (AvgIpc) is 3.41. The summed E-state index contributed by atoms with van der Waals surface area (Å²) in [5, 5.41) is 19.5. The predicted molar refractivity (Wildman–Crippen MR) is 226 cm³/mol. The number of amides is 2. The van der Waals surface area contributed by atoms with Gasteiger partial charge in [-0.05, 0) is 147 Å². The topological polar surface area (TPSA) is 151 Å². The maximum absolute atomic E-state index is 14.4. The average molecular weight is 829 g/mol. The van der Waals surface area contributed by atoms with Crippen LogP contribution in [0.4, 0.5) is 0 Å². The molecule has 4 N–H and O–H groups in total.